The first-order valence-electron chi connectivity index (χ1n) is 6.33. The fourth-order valence-corrected chi connectivity index (χ4v) is 1.89. The van der Waals surface area contributed by atoms with Crippen molar-refractivity contribution in [1.29, 1.82) is 5.26 Å². The first kappa shape index (κ1) is 11.9. The molecule has 0 unspecified atom stereocenters. The van der Waals surface area contributed by atoms with Gasteiger partial charge in [0.25, 0.3) is 0 Å². The Morgan fingerprint density at radius 1 is 1.47 bits per heavy atom. The Labute approximate surface area is 103 Å². The van der Waals surface area contributed by atoms with Gasteiger partial charge in [0.2, 0.25) is 0 Å². The molecule has 0 N–H and O–H groups in total. The van der Waals surface area contributed by atoms with Crippen LogP contribution < -0.4 is 4.90 Å². The van der Waals surface area contributed by atoms with Gasteiger partial charge in [0.05, 0.1) is 5.56 Å². The standard InChI is InChI=1S/C14H19N3/c1-11(2)7-8-17(13-4-5-13)14-6-3-12(9-15)10-16-14/h3,6,10-11,13H,4-5,7-8H2,1-2H3. The monoisotopic (exact) mass is 229 g/mol. The van der Waals surface area contributed by atoms with Crippen LogP contribution in [0.2, 0.25) is 0 Å². The predicted molar refractivity (Wildman–Crippen MR) is 68.8 cm³/mol. The van der Waals surface area contributed by atoms with E-state index in [0.717, 1.165) is 18.3 Å². The summed E-state index contributed by atoms with van der Waals surface area (Å²) in [5.41, 5.74) is 0.633. The highest BCUT2D eigenvalue weighted by Crippen LogP contribution is 2.31. The van der Waals surface area contributed by atoms with Gasteiger partial charge in [-0.05, 0) is 37.3 Å². The molecule has 17 heavy (non-hydrogen) atoms. The zero-order valence-electron chi connectivity index (χ0n) is 10.6. The van der Waals surface area contributed by atoms with Crippen molar-refractivity contribution in [3.05, 3.63) is 23.9 Å². The second-order valence-electron chi connectivity index (χ2n) is 5.12. The van der Waals surface area contributed by atoms with Gasteiger partial charge in [-0.2, -0.15) is 5.26 Å². The van der Waals surface area contributed by atoms with Crippen LogP contribution in [0.3, 0.4) is 0 Å². The second-order valence-corrected chi connectivity index (χ2v) is 5.12. The molecule has 1 saturated carbocycles. The number of nitrogens with zero attached hydrogens (tertiary/aromatic N) is 3. The van der Waals surface area contributed by atoms with Gasteiger partial charge in [-0.1, -0.05) is 13.8 Å². The molecule has 1 aromatic heterocycles. The first-order valence-corrected chi connectivity index (χ1v) is 6.33. The molecule has 0 atom stereocenters. The average Bonchev–Trinajstić information content (AvgIpc) is 3.14. The number of aromatic nitrogens is 1. The molecule has 1 aliphatic carbocycles. The van der Waals surface area contributed by atoms with Gasteiger partial charge < -0.3 is 4.90 Å². The molecule has 0 aliphatic heterocycles. The lowest BCUT2D eigenvalue weighted by Gasteiger charge is -2.24. The first-order chi connectivity index (χ1) is 8.20. The van der Waals surface area contributed by atoms with E-state index in [-0.39, 0.29) is 0 Å². The van der Waals surface area contributed by atoms with Crippen LogP contribution in [-0.2, 0) is 0 Å². The minimum absolute atomic E-state index is 0.633. The summed E-state index contributed by atoms with van der Waals surface area (Å²) in [5, 5.41) is 8.76. The molecule has 1 fully saturated rings. The molecule has 90 valence electrons. The molecule has 0 bridgehead atoms. The Kier molecular flexibility index (Phi) is 3.63. The molecule has 0 radical (unpaired) electrons. The van der Waals surface area contributed by atoms with Crippen molar-refractivity contribution in [1.82, 2.24) is 4.98 Å². The van der Waals surface area contributed by atoms with E-state index in [1.54, 1.807) is 6.20 Å². The maximum absolute atomic E-state index is 8.76. The number of nitriles is 1. The Bertz CT molecular complexity index is 398. The molecular formula is C14H19N3. The van der Waals surface area contributed by atoms with Gasteiger partial charge in [-0.3, -0.25) is 0 Å². The lowest BCUT2D eigenvalue weighted by molar-refractivity contribution is 0.568. The summed E-state index contributed by atoms with van der Waals surface area (Å²) in [6.07, 6.45) is 5.41. The zero-order valence-corrected chi connectivity index (χ0v) is 10.6. The van der Waals surface area contributed by atoms with Crippen LogP contribution in [0.15, 0.2) is 18.3 Å². The Balaban J connectivity index is 2.06. The molecule has 1 heterocycles. The van der Waals surface area contributed by atoms with Crippen molar-refractivity contribution in [2.45, 2.75) is 39.2 Å². The summed E-state index contributed by atoms with van der Waals surface area (Å²) in [4.78, 5) is 6.78. The maximum Gasteiger partial charge on any atom is 0.128 e. The molecule has 2 rings (SSSR count). The minimum atomic E-state index is 0.633. The van der Waals surface area contributed by atoms with Gasteiger partial charge in [-0.15, -0.1) is 0 Å². The highest BCUT2D eigenvalue weighted by atomic mass is 15.2. The van der Waals surface area contributed by atoms with Gasteiger partial charge >= 0.3 is 0 Å². The van der Waals surface area contributed by atoms with Gasteiger partial charge in [-0.25, -0.2) is 4.98 Å². The summed E-state index contributed by atoms with van der Waals surface area (Å²) in [6, 6.07) is 6.61. The molecule has 0 amide bonds. The fraction of sp³-hybridized carbons (Fsp3) is 0.571. The van der Waals surface area contributed by atoms with Crippen LogP contribution in [-0.4, -0.2) is 17.6 Å². The highest BCUT2D eigenvalue weighted by molar-refractivity contribution is 5.44. The van der Waals surface area contributed by atoms with E-state index in [1.807, 2.05) is 12.1 Å². The lowest BCUT2D eigenvalue weighted by atomic mass is 10.1. The highest BCUT2D eigenvalue weighted by Gasteiger charge is 2.29. The van der Waals surface area contributed by atoms with Crippen molar-refractivity contribution in [3.8, 4) is 6.07 Å². The topological polar surface area (TPSA) is 39.9 Å². The molecule has 0 saturated heterocycles. The van der Waals surface area contributed by atoms with Gasteiger partial charge in [0, 0.05) is 18.8 Å². The van der Waals surface area contributed by atoms with Crippen molar-refractivity contribution < 1.29 is 0 Å². The van der Waals surface area contributed by atoms with Gasteiger partial charge in [0.1, 0.15) is 11.9 Å². The third-order valence-electron chi connectivity index (χ3n) is 3.11. The van der Waals surface area contributed by atoms with Crippen LogP contribution >= 0.6 is 0 Å². The van der Waals surface area contributed by atoms with Crippen LogP contribution in [0.1, 0.15) is 38.7 Å². The van der Waals surface area contributed by atoms with Crippen LogP contribution in [0.25, 0.3) is 0 Å². The predicted octanol–water partition coefficient (Wildman–Crippen LogP) is 2.97. The van der Waals surface area contributed by atoms with Crippen LogP contribution in [0.4, 0.5) is 5.82 Å². The minimum Gasteiger partial charge on any atom is -0.354 e. The molecule has 3 heteroatoms. The summed E-state index contributed by atoms with van der Waals surface area (Å²) in [6.45, 7) is 5.57. The Hall–Kier alpha value is -1.56. The van der Waals surface area contributed by atoms with Crippen LogP contribution in [0, 0.1) is 17.2 Å². The van der Waals surface area contributed by atoms with Crippen molar-refractivity contribution in [2.24, 2.45) is 5.92 Å². The quantitative estimate of drug-likeness (QED) is 0.779. The van der Waals surface area contributed by atoms with Crippen LogP contribution in [0.5, 0.6) is 0 Å². The van der Waals surface area contributed by atoms with E-state index in [2.05, 4.69) is 29.8 Å². The van der Waals surface area contributed by atoms with E-state index in [0.29, 0.717) is 11.6 Å². The third-order valence-corrected chi connectivity index (χ3v) is 3.11. The van der Waals surface area contributed by atoms with Crippen molar-refractivity contribution >= 4 is 5.82 Å². The molecule has 0 aromatic carbocycles. The van der Waals surface area contributed by atoms with E-state index < -0.39 is 0 Å². The summed E-state index contributed by atoms with van der Waals surface area (Å²) >= 11 is 0. The summed E-state index contributed by atoms with van der Waals surface area (Å²) in [5.74, 6) is 1.74. The van der Waals surface area contributed by atoms with E-state index >= 15 is 0 Å². The number of hydrogen-bond donors (Lipinski definition) is 0. The molecule has 3 nitrogen and oxygen atoms in total. The molecular weight excluding hydrogens is 210 g/mol. The maximum atomic E-state index is 8.76. The number of pyridine rings is 1. The van der Waals surface area contributed by atoms with E-state index in [4.69, 9.17) is 5.26 Å². The van der Waals surface area contributed by atoms with E-state index in [1.165, 1.54) is 19.3 Å². The smallest absolute Gasteiger partial charge is 0.128 e. The summed E-state index contributed by atoms with van der Waals surface area (Å²) < 4.78 is 0. The van der Waals surface area contributed by atoms with Crippen molar-refractivity contribution in [2.75, 3.05) is 11.4 Å². The molecule has 1 aliphatic rings. The second kappa shape index (κ2) is 5.18. The Morgan fingerprint density at radius 2 is 2.24 bits per heavy atom. The SMILES string of the molecule is CC(C)CCN(c1ccc(C#N)cn1)C1CC1. The normalized spacial score (nSPS) is 14.7. The van der Waals surface area contributed by atoms with Gasteiger partial charge in [0.15, 0.2) is 0 Å². The third kappa shape index (κ3) is 3.20. The lowest BCUT2D eigenvalue weighted by Crippen LogP contribution is -2.28. The fourth-order valence-electron chi connectivity index (χ4n) is 1.89. The molecule has 0 spiro atoms. The number of hydrogen-bond acceptors (Lipinski definition) is 3. The van der Waals surface area contributed by atoms with Crippen molar-refractivity contribution in [3.63, 3.8) is 0 Å². The molecule has 1 aromatic rings. The Morgan fingerprint density at radius 3 is 2.71 bits per heavy atom. The number of rotatable bonds is 5. The average molecular weight is 229 g/mol. The largest absolute Gasteiger partial charge is 0.354 e. The van der Waals surface area contributed by atoms with E-state index in [9.17, 15) is 0 Å². The number of anilines is 1. The summed E-state index contributed by atoms with van der Waals surface area (Å²) in [7, 11) is 0. The zero-order chi connectivity index (χ0) is 12.3.